The van der Waals surface area contributed by atoms with Gasteiger partial charge < -0.3 is 5.11 Å². The number of hydrogen-bond acceptors (Lipinski definition) is 1. The number of unbranched alkanes of at least 4 members (excludes halogenated alkanes) is 2. The monoisotopic (exact) mass is 196 g/mol. The molecule has 0 aliphatic carbocycles. The van der Waals surface area contributed by atoms with Gasteiger partial charge in [0.1, 0.15) is 0 Å². The highest BCUT2D eigenvalue weighted by molar-refractivity contribution is 7.27. The molecule has 1 unspecified atom stereocenters. The second-order valence-corrected chi connectivity index (χ2v) is 3.86. The molecule has 0 saturated carbocycles. The third-order valence-electron chi connectivity index (χ3n) is 2.16. The van der Waals surface area contributed by atoms with Gasteiger partial charge in [-0.2, -0.15) is 0 Å². The lowest BCUT2D eigenvalue weighted by Gasteiger charge is -2.03. The van der Waals surface area contributed by atoms with Crippen molar-refractivity contribution in [1.29, 1.82) is 0 Å². The van der Waals surface area contributed by atoms with Gasteiger partial charge in [0.25, 0.3) is 0 Å². The lowest BCUT2D eigenvalue weighted by molar-refractivity contribution is 0.283. The van der Waals surface area contributed by atoms with Gasteiger partial charge in [0.2, 0.25) is 0 Å². The normalized spacial score (nSPS) is 10.3. The largest absolute Gasteiger partial charge is 0.396 e. The first-order valence-electron chi connectivity index (χ1n) is 4.79. The minimum absolute atomic E-state index is 0.322. The van der Waals surface area contributed by atoms with Gasteiger partial charge in [-0.3, -0.25) is 0 Å². The first kappa shape index (κ1) is 10.7. The van der Waals surface area contributed by atoms with Crippen LogP contribution in [0.25, 0.3) is 0 Å². The molecular formula is C11H17OP. The second kappa shape index (κ2) is 6.12. The standard InChI is InChI=1S/C11H17OP/c12-9-5-1-2-6-10-7-3-4-8-11(10)13/h3-4,7-8,12H,1-2,5-6,9,13H2. The van der Waals surface area contributed by atoms with Gasteiger partial charge in [-0.25, -0.2) is 0 Å². The molecule has 0 saturated heterocycles. The maximum absolute atomic E-state index is 8.61. The lowest BCUT2D eigenvalue weighted by atomic mass is 10.1. The fourth-order valence-corrected chi connectivity index (χ4v) is 1.72. The van der Waals surface area contributed by atoms with E-state index >= 15 is 0 Å². The Hall–Kier alpha value is -0.390. The zero-order valence-corrected chi connectivity index (χ0v) is 9.02. The minimum atomic E-state index is 0.322. The van der Waals surface area contributed by atoms with Crippen LogP contribution in [0.4, 0.5) is 0 Å². The van der Waals surface area contributed by atoms with Crippen molar-refractivity contribution in [2.45, 2.75) is 25.7 Å². The van der Waals surface area contributed by atoms with Crippen molar-refractivity contribution in [3.63, 3.8) is 0 Å². The highest BCUT2D eigenvalue weighted by Crippen LogP contribution is 2.06. The van der Waals surface area contributed by atoms with E-state index < -0.39 is 0 Å². The molecule has 0 heterocycles. The topological polar surface area (TPSA) is 20.2 Å². The molecular weight excluding hydrogens is 179 g/mol. The summed E-state index contributed by atoms with van der Waals surface area (Å²) in [4.78, 5) is 0. The second-order valence-electron chi connectivity index (χ2n) is 3.23. The van der Waals surface area contributed by atoms with Gasteiger partial charge in [0, 0.05) is 6.61 Å². The number of rotatable bonds is 5. The number of hydrogen-bond donors (Lipinski definition) is 1. The van der Waals surface area contributed by atoms with Gasteiger partial charge in [0.05, 0.1) is 0 Å². The van der Waals surface area contributed by atoms with Gasteiger partial charge >= 0.3 is 0 Å². The smallest absolute Gasteiger partial charge is 0.0431 e. The Balaban J connectivity index is 2.32. The molecule has 1 aromatic rings. The van der Waals surface area contributed by atoms with Crippen LogP contribution in [0.1, 0.15) is 24.8 Å². The predicted octanol–water partition coefficient (Wildman–Crippen LogP) is 1.89. The van der Waals surface area contributed by atoms with Crippen molar-refractivity contribution >= 4 is 14.5 Å². The molecule has 0 fully saturated rings. The molecule has 0 amide bonds. The highest BCUT2D eigenvalue weighted by atomic mass is 31.0. The summed E-state index contributed by atoms with van der Waals surface area (Å²) in [5, 5.41) is 9.91. The van der Waals surface area contributed by atoms with Crippen LogP contribution in [-0.4, -0.2) is 11.7 Å². The van der Waals surface area contributed by atoms with Crippen LogP contribution in [0.2, 0.25) is 0 Å². The fourth-order valence-electron chi connectivity index (χ4n) is 1.37. The minimum Gasteiger partial charge on any atom is -0.396 e. The summed E-state index contributed by atoms with van der Waals surface area (Å²) in [7, 11) is 2.76. The van der Waals surface area contributed by atoms with E-state index in [9.17, 15) is 0 Å². The average molecular weight is 196 g/mol. The van der Waals surface area contributed by atoms with Gasteiger partial charge in [-0.05, 0) is 30.1 Å². The Morgan fingerprint density at radius 3 is 2.54 bits per heavy atom. The molecule has 0 bridgehead atoms. The van der Waals surface area contributed by atoms with Crippen LogP contribution in [0, 0.1) is 0 Å². The van der Waals surface area contributed by atoms with Gasteiger partial charge in [-0.1, -0.05) is 30.7 Å². The number of benzene rings is 1. The van der Waals surface area contributed by atoms with E-state index in [-0.39, 0.29) is 0 Å². The number of aryl methyl sites for hydroxylation is 1. The van der Waals surface area contributed by atoms with Gasteiger partial charge in [0.15, 0.2) is 0 Å². The average Bonchev–Trinajstić information content (AvgIpc) is 2.15. The van der Waals surface area contributed by atoms with E-state index in [0.29, 0.717) is 6.61 Å². The lowest BCUT2D eigenvalue weighted by Crippen LogP contribution is -2.00. The Bertz CT molecular complexity index is 248. The molecule has 1 atom stereocenters. The van der Waals surface area contributed by atoms with Crippen molar-refractivity contribution in [2.24, 2.45) is 0 Å². The SMILES string of the molecule is OCCCCCc1ccccc1P. The van der Waals surface area contributed by atoms with Crippen LogP contribution in [0.15, 0.2) is 24.3 Å². The van der Waals surface area contributed by atoms with Crippen molar-refractivity contribution in [3.05, 3.63) is 29.8 Å². The van der Waals surface area contributed by atoms with E-state index in [1.54, 1.807) is 0 Å². The maximum Gasteiger partial charge on any atom is 0.0431 e. The first-order valence-corrected chi connectivity index (χ1v) is 5.36. The molecule has 0 aliphatic rings. The molecule has 1 rings (SSSR count). The van der Waals surface area contributed by atoms with Crippen LogP contribution in [0.5, 0.6) is 0 Å². The quantitative estimate of drug-likeness (QED) is 0.563. The van der Waals surface area contributed by atoms with Crippen LogP contribution in [-0.2, 0) is 6.42 Å². The Labute approximate surface area is 82.4 Å². The summed E-state index contributed by atoms with van der Waals surface area (Å²) < 4.78 is 0. The first-order chi connectivity index (χ1) is 6.34. The molecule has 0 aliphatic heterocycles. The molecule has 1 nitrogen and oxygen atoms in total. The molecule has 13 heavy (non-hydrogen) atoms. The molecule has 2 heteroatoms. The van der Waals surface area contributed by atoms with Crippen LogP contribution < -0.4 is 5.30 Å². The molecule has 1 N–H and O–H groups in total. The Morgan fingerprint density at radius 2 is 1.85 bits per heavy atom. The van der Waals surface area contributed by atoms with E-state index in [2.05, 4.69) is 33.5 Å². The summed E-state index contributed by atoms with van der Waals surface area (Å²) in [5.41, 5.74) is 1.41. The summed E-state index contributed by atoms with van der Waals surface area (Å²) in [6, 6.07) is 8.42. The maximum atomic E-state index is 8.61. The van der Waals surface area contributed by atoms with E-state index in [1.165, 1.54) is 17.3 Å². The third-order valence-corrected chi connectivity index (χ3v) is 2.72. The van der Waals surface area contributed by atoms with E-state index in [4.69, 9.17) is 5.11 Å². The van der Waals surface area contributed by atoms with Crippen molar-refractivity contribution in [3.8, 4) is 0 Å². The zero-order valence-electron chi connectivity index (χ0n) is 7.87. The summed E-state index contributed by atoms with van der Waals surface area (Å²) in [6.45, 7) is 0.322. The Kier molecular flexibility index (Phi) is 5.03. The van der Waals surface area contributed by atoms with Crippen molar-refractivity contribution in [1.82, 2.24) is 0 Å². The van der Waals surface area contributed by atoms with Gasteiger partial charge in [-0.15, -0.1) is 9.24 Å². The molecule has 1 aromatic carbocycles. The molecule has 0 spiro atoms. The summed E-state index contributed by atoms with van der Waals surface area (Å²) in [6.07, 6.45) is 4.35. The number of aliphatic hydroxyl groups excluding tert-OH is 1. The van der Waals surface area contributed by atoms with Crippen LogP contribution >= 0.6 is 9.24 Å². The van der Waals surface area contributed by atoms with Crippen molar-refractivity contribution in [2.75, 3.05) is 6.61 Å². The highest BCUT2D eigenvalue weighted by Gasteiger charge is 1.96. The Morgan fingerprint density at radius 1 is 1.08 bits per heavy atom. The predicted molar refractivity (Wildman–Crippen MR) is 60.4 cm³/mol. The zero-order chi connectivity index (χ0) is 9.52. The summed E-state index contributed by atoms with van der Waals surface area (Å²) in [5.74, 6) is 0. The van der Waals surface area contributed by atoms with Crippen LogP contribution in [0.3, 0.4) is 0 Å². The molecule has 0 radical (unpaired) electrons. The number of aliphatic hydroxyl groups is 1. The summed E-state index contributed by atoms with van der Waals surface area (Å²) >= 11 is 0. The fraction of sp³-hybridized carbons (Fsp3) is 0.455. The van der Waals surface area contributed by atoms with E-state index in [1.807, 2.05) is 0 Å². The third kappa shape index (κ3) is 3.89. The van der Waals surface area contributed by atoms with Crippen molar-refractivity contribution < 1.29 is 5.11 Å². The van der Waals surface area contributed by atoms with E-state index in [0.717, 1.165) is 19.3 Å². The molecule has 72 valence electrons. The molecule has 0 aromatic heterocycles.